The molecule has 0 unspecified atom stereocenters. The molecular weight excluding hydrogens is 330 g/mol. The molecule has 2 aromatic heterocycles. The highest BCUT2D eigenvalue weighted by Gasteiger charge is 2.17. The van der Waals surface area contributed by atoms with Crippen molar-refractivity contribution in [3.63, 3.8) is 0 Å². The van der Waals surface area contributed by atoms with Gasteiger partial charge in [0.15, 0.2) is 0 Å². The summed E-state index contributed by atoms with van der Waals surface area (Å²) in [5, 5.41) is 11.5. The predicted molar refractivity (Wildman–Crippen MR) is 90.4 cm³/mol. The Morgan fingerprint density at radius 3 is 2.54 bits per heavy atom. The highest BCUT2D eigenvalue weighted by atomic mass is 35.5. The van der Waals surface area contributed by atoms with Gasteiger partial charge >= 0.3 is 0 Å². The zero-order valence-electron chi connectivity index (χ0n) is 13.0. The van der Waals surface area contributed by atoms with Crippen LogP contribution < -0.4 is 10.9 Å². The Kier molecular flexibility index (Phi) is 4.18. The van der Waals surface area contributed by atoms with Crippen molar-refractivity contribution in [2.75, 3.05) is 7.05 Å². The van der Waals surface area contributed by atoms with E-state index in [1.807, 2.05) is 0 Å². The topological polar surface area (TPSA) is 81.8 Å². The van der Waals surface area contributed by atoms with Gasteiger partial charge in [-0.15, -0.1) is 0 Å². The molecular formula is C16H14ClN5O2. The first-order chi connectivity index (χ1) is 11.5. The molecule has 0 fully saturated rings. The highest BCUT2D eigenvalue weighted by Crippen LogP contribution is 2.20. The lowest BCUT2D eigenvalue weighted by Gasteiger charge is -2.09. The Bertz CT molecular complexity index is 959. The van der Waals surface area contributed by atoms with Crippen molar-refractivity contribution in [2.24, 2.45) is 7.05 Å². The highest BCUT2D eigenvalue weighted by molar-refractivity contribution is 6.30. The van der Waals surface area contributed by atoms with E-state index in [2.05, 4.69) is 15.5 Å². The van der Waals surface area contributed by atoms with Gasteiger partial charge in [0.05, 0.1) is 18.1 Å². The maximum absolute atomic E-state index is 12.6. The van der Waals surface area contributed by atoms with E-state index in [9.17, 15) is 9.59 Å². The van der Waals surface area contributed by atoms with Crippen LogP contribution in [0, 0.1) is 0 Å². The Morgan fingerprint density at radius 2 is 1.96 bits per heavy atom. The van der Waals surface area contributed by atoms with Crippen molar-refractivity contribution in [1.82, 2.24) is 24.9 Å². The smallest absolute Gasteiger partial charge is 0.284 e. The lowest BCUT2D eigenvalue weighted by atomic mass is 10.1. The molecule has 1 amide bonds. The fourth-order valence-corrected chi connectivity index (χ4v) is 2.37. The number of rotatable bonds is 3. The number of nitrogens with one attached hydrogen (secondary N) is 1. The van der Waals surface area contributed by atoms with Gasteiger partial charge in [-0.25, -0.2) is 0 Å². The van der Waals surface area contributed by atoms with Gasteiger partial charge in [-0.3, -0.25) is 14.3 Å². The SMILES string of the molecule is CNC(=O)c1cc(-c2ccc(Cl)cc2)nn(-c2cnn(C)c2)c1=O. The van der Waals surface area contributed by atoms with Gasteiger partial charge in [0.1, 0.15) is 11.3 Å². The van der Waals surface area contributed by atoms with Crippen LogP contribution >= 0.6 is 11.6 Å². The van der Waals surface area contributed by atoms with E-state index in [1.165, 1.54) is 24.0 Å². The van der Waals surface area contributed by atoms with Crippen molar-refractivity contribution in [3.8, 4) is 16.9 Å². The molecule has 0 bridgehead atoms. The molecule has 1 N–H and O–H groups in total. The van der Waals surface area contributed by atoms with Gasteiger partial charge in [0, 0.05) is 24.7 Å². The molecule has 0 aliphatic carbocycles. The van der Waals surface area contributed by atoms with Gasteiger partial charge in [-0.05, 0) is 18.2 Å². The fourth-order valence-electron chi connectivity index (χ4n) is 2.25. The van der Waals surface area contributed by atoms with E-state index in [4.69, 9.17) is 11.6 Å². The van der Waals surface area contributed by atoms with Gasteiger partial charge in [-0.1, -0.05) is 23.7 Å². The normalized spacial score (nSPS) is 10.6. The van der Waals surface area contributed by atoms with Crippen LogP contribution in [0.5, 0.6) is 0 Å². The molecule has 0 atom stereocenters. The number of carbonyl (C=O) groups excluding carboxylic acids is 1. The maximum Gasteiger partial charge on any atom is 0.284 e. The average molecular weight is 344 g/mol. The largest absolute Gasteiger partial charge is 0.355 e. The third kappa shape index (κ3) is 2.93. The van der Waals surface area contributed by atoms with Gasteiger partial charge in [0.25, 0.3) is 11.5 Å². The molecule has 0 radical (unpaired) electrons. The number of aromatic nitrogens is 4. The molecule has 8 heteroatoms. The predicted octanol–water partition coefficient (Wildman–Crippen LogP) is 1.65. The summed E-state index contributed by atoms with van der Waals surface area (Å²) in [6, 6.07) is 8.46. The number of hydrogen-bond donors (Lipinski definition) is 1. The Labute approximate surface area is 142 Å². The first-order valence-corrected chi connectivity index (χ1v) is 7.49. The zero-order valence-corrected chi connectivity index (χ0v) is 13.8. The summed E-state index contributed by atoms with van der Waals surface area (Å²) < 4.78 is 2.72. The minimum Gasteiger partial charge on any atom is -0.355 e. The molecule has 3 rings (SSSR count). The number of hydrogen-bond acceptors (Lipinski definition) is 4. The molecule has 0 saturated heterocycles. The van der Waals surface area contributed by atoms with E-state index in [-0.39, 0.29) is 5.56 Å². The molecule has 3 aromatic rings. The van der Waals surface area contributed by atoms with Crippen LogP contribution in [0.2, 0.25) is 5.02 Å². The number of halogens is 1. The minimum absolute atomic E-state index is 0.00121. The fraction of sp³-hybridized carbons (Fsp3) is 0.125. The quantitative estimate of drug-likeness (QED) is 0.784. The van der Waals surface area contributed by atoms with Crippen LogP contribution in [-0.4, -0.2) is 32.5 Å². The van der Waals surface area contributed by atoms with E-state index < -0.39 is 11.5 Å². The van der Waals surface area contributed by atoms with Crippen molar-refractivity contribution < 1.29 is 4.79 Å². The standard InChI is InChI=1S/C16H14ClN5O2/c1-18-15(23)13-7-14(10-3-5-11(17)6-4-10)20-22(16(13)24)12-8-19-21(2)9-12/h3-9H,1-2H3,(H,18,23). The van der Waals surface area contributed by atoms with Crippen LogP contribution in [0.15, 0.2) is 47.5 Å². The minimum atomic E-state index is -0.514. The van der Waals surface area contributed by atoms with Crippen LogP contribution in [0.3, 0.4) is 0 Å². The summed E-state index contributed by atoms with van der Waals surface area (Å²) in [6.07, 6.45) is 3.15. The lowest BCUT2D eigenvalue weighted by molar-refractivity contribution is 0.0961. The van der Waals surface area contributed by atoms with Crippen LogP contribution in [0.4, 0.5) is 0 Å². The van der Waals surface area contributed by atoms with E-state index >= 15 is 0 Å². The van der Waals surface area contributed by atoms with Gasteiger partial charge < -0.3 is 5.32 Å². The van der Waals surface area contributed by atoms with Crippen molar-refractivity contribution in [2.45, 2.75) is 0 Å². The van der Waals surface area contributed by atoms with Crippen molar-refractivity contribution in [1.29, 1.82) is 0 Å². The third-order valence-electron chi connectivity index (χ3n) is 3.46. The van der Waals surface area contributed by atoms with E-state index in [0.29, 0.717) is 16.4 Å². The summed E-state index contributed by atoms with van der Waals surface area (Å²) in [5.41, 5.74) is 1.18. The van der Waals surface area contributed by atoms with Crippen molar-refractivity contribution in [3.05, 3.63) is 63.7 Å². The maximum atomic E-state index is 12.6. The van der Waals surface area contributed by atoms with Crippen LogP contribution in [-0.2, 0) is 7.05 Å². The van der Waals surface area contributed by atoms with E-state index in [0.717, 1.165) is 5.56 Å². The third-order valence-corrected chi connectivity index (χ3v) is 3.71. The number of benzene rings is 1. The summed E-state index contributed by atoms with van der Waals surface area (Å²) in [6.45, 7) is 0. The van der Waals surface area contributed by atoms with Gasteiger partial charge in [-0.2, -0.15) is 14.9 Å². The molecule has 0 saturated carbocycles. The lowest BCUT2D eigenvalue weighted by Crippen LogP contribution is -2.32. The summed E-state index contributed by atoms with van der Waals surface area (Å²) in [4.78, 5) is 24.7. The monoisotopic (exact) mass is 343 g/mol. The summed E-state index contributed by atoms with van der Waals surface area (Å²) in [5.74, 6) is -0.477. The van der Waals surface area contributed by atoms with E-state index in [1.54, 1.807) is 42.2 Å². The van der Waals surface area contributed by atoms with Gasteiger partial charge in [0.2, 0.25) is 0 Å². The molecule has 1 aromatic carbocycles. The first kappa shape index (κ1) is 15.9. The molecule has 7 nitrogen and oxygen atoms in total. The molecule has 24 heavy (non-hydrogen) atoms. The molecule has 0 aliphatic heterocycles. The number of nitrogens with zero attached hydrogens (tertiary/aromatic N) is 4. The van der Waals surface area contributed by atoms with Crippen molar-refractivity contribution >= 4 is 17.5 Å². The number of amides is 1. The Morgan fingerprint density at radius 1 is 1.25 bits per heavy atom. The second-order valence-corrected chi connectivity index (χ2v) is 5.55. The number of carbonyl (C=O) groups is 1. The summed E-state index contributed by atoms with van der Waals surface area (Å²) in [7, 11) is 3.20. The zero-order chi connectivity index (χ0) is 17.3. The Hall–Kier alpha value is -2.93. The molecule has 122 valence electrons. The number of aryl methyl sites for hydroxylation is 1. The molecule has 0 spiro atoms. The Balaban J connectivity index is 2.25. The summed E-state index contributed by atoms with van der Waals surface area (Å²) >= 11 is 5.91. The molecule has 0 aliphatic rings. The van der Waals surface area contributed by atoms with Crippen LogP contribution in [0.1, 0.15) is 10.4 Å². The first-order valence-electron chi connectivity index (χ1n) is 7.11. The van der Waals surface area contributed by atoms with Crippen LogP contribution in [0.25, 0.3) is 16.9 Å². The second kappa shape index (κ2) is 6.29. The second-order valence-electron chi connectivity index (χ2n) is 5.12. The average Bonchev–Trinajstić information content (AvgIpc) is 3.01. The molecule has 2 heterocycles.